The van der Waals surface area contributed by atoms with Crippen molar-refractivity contribution in [2.45, 2.75) is 62.7 Å². The summed E-state index contributed by atoms with van der Waals surface area (Å²) in [6.45, 7) is -1.64. The van der Waals surface area contributed by atoms with Gasteiger partial charge in [0.2, 0.25) is 11.8 Å². The molecule has 3 amide bonds. The molecule has 6 fully saturated rings. The molecular formula is C23H27F6N3O6. The Balaban J connectivity index is 1.33. The first-order valence-electron chi connectivity index (χ1n) is 12.3. The molecular weight excluding hydrogens is 528 g/mol. The third kappa shape index (κ3) is 4.34. The largest absolute Gasteiger partial charge is 0.522 e. The summed E-state index contributed by atoms with van der Waals surface area (Å²) in [6.07, 6.45) is -10.0. The lowest BCUT2D eigenvalue weighted by molar-refractivity contribution is -0.321. The van der Waals surface area contributed by atoms with Crippen LogP contribution in [0.3, 0.4) is 0 Å². The lowest BCUT2D eigenvalue weighted by Gasteiger charge is -2.45. The van der Waals surface area contributed by atoms with Crippen LogP contribution >= 0.6 is 0 Å². The molecule has 4 saturated heterocycles. The molecule has 6 aliphatic rings. The summed E-state index contributed by atoms with van der Waals surface area (Å²) in [5.41, 5.74) is 0.869. The molecule has 0 aromatic heterocycles. The molecule has 2 saturated carbocycles. The second kappa shape index (κ2) is 8.54. The van der Waals surface area contributed by atoms with Crippen molar-refractivity contribution < 1.29 is 55.0 Å². The predicted octanol–water partition coefficient (Wildman–Crippen LogP) is 1.44. The molecule has 5 atom stereocenters. The molecule has 0 aromatic rings. The second-order valence-electron chi connectivity index (χ2n) is 11.5. The maximum atomic E-state index is 13.5. The highest BCUT2D eigenvalue weighted by molar-refractivity contribution is 5.93. The molecule has 2 bridgehead atoms. The number of Topliss-reactive ketones (excluding diaryl/α,β-unsaturated/α-hetero) is 1. The first-order chi connectivity index (χ1) is 17.5. The van der Waals surface area contributed by atoms with E-state index in [9.17, 15) is 45.5 Å². The van der Waals surface area contributed by atoms with Gasteiger partial charge in [-0.3, -0.25) is 23.9 Å². The smallest absolute Gasteiger partial charge is 0.368 e. The molecule has 3 N–H and O–H groups in total. The summed E-state index contributed by atoms with van der Waals surface area (Å²) in [6, 6.07) is -1.16. The maximum absolute atomic E-state index is 13.5. The molecule has 1 spiro atoms. The van der Waals surface area contributed by atoms with Crippen molar-refractivity contribution in [3.05, 3.63) is 0 Å². The zero-order chi connectivity index (χ0) is 27.9. The van der Waals surface area contributed by atoms with Crippen molar-refractivity contribution in [1.29, 1.82) is 0 Å². The number of ketones is 1. The number of nitrogens with one attached hydrogen (secondary N) is 1. The van der Waals surface area contributed by atoms with Crippen LogP contribution in [0.2, 0.25) is 0 Å². The summed E-state index contributed by atoms with van der Waals surface area (Å²) in [5, 5.41) is 2.62. The molecule has 6 rings (SSSR count). The average Bonchev–Trinajstić information content (AvgIpc) is 3.25. The molecule has 15 heteroatoms. The van der Waals surface area contributed by atoms with Gasteiger partial charge in [-0.05, 0) is 37.0 Å². The number of halogens is 6. The Hall–Kier alpha value is -2.42. The molecule has 2 aliphatic carbocycles. The number of carbonyl (C=O) groups is 4. The van der Waals surface area contributed by atoms with Crippen LogP contribution in [-0.2, 0) is 28.7 Å². The summed E-state index contributed by atoms with van der Waals surface area (Å²) in [5.74, 6) is -4.97. The summed E-state index contributed by atoms with van der Waals surface area (Å²) in [4.78, 5) is 51.8. The van der Waals surface area contributed by atoms with Crippen LogP contribution in [-0.4, -0.2) is 78.9 Å². The van der Waals surface area contributed by atoms with Crippen molar-refractivity contribution in [3.63, 3.8) is 0 Å². The number of alkyl halides is 6. The van der Waals surface area contributed by atoms with Crippen LogP contribution in [0.5, 0.6) is 0 Å². The first kappa shape index (κ1) is 27.2. The molecule has 212 valence electrons. The van der Waals surface area contributed by atoms with Gasteiger partial charge in [-0.15, -0.1) is 13.2 Å². The maximum Gasteiger partial charge on any atom is 0.522 e. The number of ether oxygens (including phenoxy) is 2. The Morgan fingerprint density at radius 2 is 1.84 bits per heavy atom. The number of hydrogen-bond donors (Lipinski definition) is 2. The van der Waals surface area contributed by atoms with Crippen LogP contribution < -0.4 is 11.1 Å². The summed E-state index contributed by atoms with van der Waals surface area (Å²) < 4.78 is 87.3. The Labute approximate surface area is 212 Å². The van der Waals surface area contributed by atoms with E-state index in [1.165, 1.54) is 0 Å². The lowest BCUT2D eigenvalue weighted by Crippen LogP contribution is -2.61. The first-order valence-corrected chi connectivity index (χ1v) is 12.3. The van der Waals surface area contributed by atoms with Gasteiger partial charge in [-0.2, -0.15) is 13.2 Å². The van der Waals surface area contributed by atoms with E-state index in [-0.39, 0.29) is 31.7 Å². The number of nitrogens with two attached hydrogens (primary N) is 1. The van der Waals surface area contributed by atoms with Gasteiger partial charge in [0.25, 0.3) is 5.91 Å². The fraction of sp³-hybridized carbons (Fsp3) is 0.826. The van der Waals surface area contributed by atoms with Crippen molar-refractivity contribution in [3.8, 4) is 0 Å². The fourth-order valence-corrected chi connectivity index (χ4v) is 7.08. The average molecular weight is 555 g/mol. The van der Waals surface area contributed by atoms with Gasteiger partial charge in [0.05, 0.1) is 12.0 Å². The van der Waals surface area contributed by atoms with Gasteiger partial charge in [0.1, 0.15) is 18.2 Å². The monoisotopic (exact) mass is 555 g/mol. The van der Waals surface area contributed by atoms with Crippen molar-refractivity contribution in [2.75, 3.05) is 26.3 Å². The Morgan fingerprint density at radius 1 is 1.16 bits per heavy atom. The van der Waals surface area contributed by atoms with Crippen LogP contribution in [0.25, 0.3) is 0 Å². The van der Waals surface area contributed by atoms with Crippen molar-refractivity contribution in [1.82, 2.24) is 10.2 Å². The number of carbonyl (C=O) groups excluding carboxylic acids is 4. The zero-order valence-corrected chi connectivity index (χ0v) is 20.1. The zero-order valence-electron chi connectivity index (χ0n) is 20.1. The third-order valence-electron chi connectivity index (χ3n) is 9.15. The Morgan fingerprint density at radius 3 is 2.37 bits per heavy atom. The van der Waals surface area contributed by atoms with Crippen LogP contribution in [0.4, 0.5) is 26.3 Å². The molecule has 9 nitrogen and oxygen atoms in total. The van der Waals surface area contributed by atoms with E-state index < -0.39 is 96.4 Å². The van der Waals surface area contributed by atoms with Gasteiger partial charge < -0.3 is 20.7 Å². The van der Waals surface area contributed by atoms with Crippen LogP contribution in [0.15, 0.2) is 0 Å². The minimum Gasteiger partial charge on any atom is -0.368 e. The van der Waals surface area contributed by atoms with E-state index in [1.54, 1.807) is 0 Å². The lowest BCUT2D eigenvalue weighted by atomic mass is 9.61. The van der Waals surface area contributed by atoms with E-state index in [0.29, 0.717) is 13.0 Å². The number of hydrogen-bond acceptors (Lipinski definition) is 6. The van der Waals surface area contributed by atoms with Crippen molar-refractivity contribution in [2.24, 2.45) is 34.3 Å². The molecule has 38 heavy (non-hydrogen) atoms. The Bertz CT molecular complexity index is 1060. The molecule has 4 aliphatic heterocycles. The summed E-state index contributed by atoms with van der Waals surface area (Å²) >= 11 is 0. The van der Waals surface area contributed by atoms with E-state index in [4.69, 9.17) is 10.5 Å². The van der Waals surface area contributed by atoms with E-state index in [0.717, 1.165) is 4.90 Å². The van der Waals surface area contributed by atoms with Crippen LogP contribution in [0.1, 0.15) is 38.5 Å². The highest BCUT2D eigenvalue weighted by Crippen LogP contribution is 2.68. The van der Waals surface area contributed by atoms with Gasteiger partial charge in [-0.1, -0.05) is 0 Å². The highest BCUT2D eigenvalue weighted by Gasteiger charge is 2.77. The van der Waals surface area contributed by atoms with E-state index in [2.05, 4.69) is 10.1 Å². The molecule has 3 unspecified atom stereocenters. The Kier molecular flexibility index (Phi) is 6.10. The number of amides is 3. The number of nitrogens with zero attached hydrogens (tertiary/aromatic N) is 1. The standard InChI is InChI=1S/C23H27F6N3O6/c24-22(25,26)20-7-21(8-20,38-10-20)18(36)32-9-19(5-14(32)16(30)34)4-13(19)12(3-11-1-2-31-17(11)35)15(33)6-37-23(27,28)29/h11-14H,1-10H2,(H2,30,34)(H,31,35)/t11-,12+,13?,14?,19?,20?,21?/m1/s1. The minimum absolute atomic E-state index is 0.0139. The van der Waals surface area contributed by atoms with Crippen molar-refractivity contribution >= 4 is 23.5 Å². The quantitative estimate of drug-likeness (QED) is 0.437. The number of likely N-dealkylation sites (tertiary alicyclic amines) is 1. The van der Waals surface area contributed by atoms with E-state index in [1.807, 2.05) is 0 Å². The van der Waals surface area contributed by atoms with Gasteiger partial charge in [0, 0.05) is 37.8 Å². The van der Waals surface area contributed by atoms with E-state index >= 15 is 0 Å². The predicted molar refractivity (Wildman–Crippen MR) is 112 cm³/mol. The van der Waals surface area contributed by atoms with Gasteiger partial charge in [0.15, 0.2) is 5.78 Å². The number of primary amides is 1. The highest BCUT2D eigenvalue weighted by atomic mass is 19.4. The second-order valence-corrected chi connectivity index (χ2v) is 11.5. The molecule has 4 heterocycles. The SMILES string of the molecule is NC(=O)C1CC2(CC2[C@H](C[C@H]2CCNC2=O)C(=O)COC(F)(F)F)CN1C(=O)C12CC(C(F)(F)F)(CO1)C2. The van der Waals surface area contributed by atoms with Gasteiger partial charge >= 0.3 is 12.5 Å². The minimum atomic E-state index is -5.03. The third-order valence-corrected chi connectivity index (χ3v) is 9.15. The molecule has 0 aromatic carbocycles. The fourth-order valence-electron chi connectivity index (χ4n) is 7.08. The summed E-state index contributed by atoms with van der Waals surface area (Å²) in [7, 11) is 0. The normalized spacial score (nSPS) is 38.7. The van der Waals surface area contributed by atoms with Crippen LogP contribution in [0, 0.1) is 28.6 Å². The van der Waals surface area contributed by atoms with Gasteiger partial charge in [-0.25, -0.2) is 0 Å². The molecule has 0 radical (unpaired) electrons. The number of fused-ring (bicyclic) bond motifs is 1. The number of rotatable bonds is 8. The topological polar surface area (TPSA) is 128 Å².